The van der Waals surface area contributed by atoms with E-state index in [-0.39, 0.29) is 5.78 Å². The highest BCUT2D eigenvalue weighted by Gasteiger charge is 2.22. The first-order valence-electron chi connectivity index (χ1n) is 5.64. The van der Waals surface area contributed by atoms with Crippen molar-refractivity contribution >= 4 is 5.78 Å². The number of Topliss-reactive ketones (excluding diaryl/α,β-unsaturated/α-hetero) is 1. The van der Waals surface area contributed by atoms with Crippen molar-refractivity contribution in [2.24, 2.45) is 5.92 Å². The molecule has 0 aromatic carbocycles. The van der Waals surface area contributed by atoms with Crippen LogP contribution in [0.4, 0.5) is 0 Å². The summed E-state index contributed by atoms with van der Waals surface area (Å²) in [6.45, 7) is 2.20. The average Bonchev–Trinajstić information content (AvgIpc) is 2.21. The lowest BCUT2D eigenvalue weighted by molar-refractivity contribution is -0.117. The Hall–Kier alpha value is -0.790. The van der Waals surface area contributed by atoms with Crippen molar-refractivity contribution in [3.05, 3.63) is 11.8 Å². The van der Waals surface area contributed by atoms with Gasteiger partial charge in [0.1, 0.15) is 0 Å². The van der Waals surface area contributed by atoms with Gasteiger partial charge in [0.2, 0.25) is 0 Å². The van der Waals surface area contributed by atoms with Crippen LogP contribution in [0.3, 0.4) is 0 Å². The van der Waals surface area contributed by atoms with Crippen molar-refractivity contribution in [2.75, 3.05) is 0 Å². The van der Waals surface area contributed by atoms with E-state index in [0.29, 0.717) is 17.9 Å². The zero-order valence-corrected chi connectivity index (χ0v) is 8.96. The SMILES string of the molecule is CCCCCC1CCC(=O)C(=CO)C1. The topological polar surface area (TPSA) is 37.3 Å². The highest BCUT2D eigenvalue weighted by molar-refractivity contribution is 5.95. The zero-order valence-electron chi connectivity index (χ0n) is 8.96. The van der Waals surface area contributed by atoms with Gasteiger partial charge in [0.05, 0.1) is 6.26 Å². The quantitative estimate of drug-likeness (QED) is 0.425. The number of rotatable bonds is 4. The van der Waals surface area contributed by atoms with Gasteiger partial charge >= 0.3 is 0 Å². The van der Waals surface area contributed by atoms with Gasteiger partial charge in [-0.1, -0.05) is 32.6 Å². The molecule has 0 radical (unpaired) electrons. The Morgan fingerprint density at radius 1 is 1.50 bits per heavy atom. The molecule has 0 bridgehead atoms. The second kappa shape index (κ2) is 5.84. The molecule has 0 amide bonds. The third-order valence-corrected chi connectivity index (χ3v) is 3.02. The number of hydrogen-bond acceptors (Lipinski definition) is 2. The number of unbranched alkanes of at least 4 members (excludes halogenated alkanes) is 2. The van der Waals surface area contributed by atoms with Crippen LogP contribution in [0.2, 0.25) is 0 Å². The minimum Gasteiger partial charge on any atom is -0.515 e. The van der Waals surface area contributed by atoms with Gasteiger partial charge in [-0.15, -0.1) is 0 Å². The molecular formula is C12H20O2. The molecule has 0 aliphatic heterocycles. The fourth-order valence-electron chi connectivity index (χ4n) is 2.08. The lowest BCUT2D eigenvalue weighted by atomic mass is 9.82. The van der Waals surface area contributed by atoms with E-state index in [9.17, 15) is 4.79 Å². The molecule has 1 aliphatic rings. The number of hydrogen-bond donors (Lipinski definition) is 1. The summed E-state index contributed by atoms with van der Waals surface area (Å²) < 4.78 is 0. The van der Waals surface area contributed by atoms with Crippen LogP contribution in [-0.2, 0) is 4.79 Å². The standard InChI is InChI=1S/C12H20O2/c1-2-3-4-5-10-6-7-12(14)11(8-10)9-13/h9-10,13H,2-8H2,1H3. The highest BCUT2D eigenvalue weighted by atomic mass is 16.2. The summed E-state index contributed by atoms with van der Waals surface area (Å²) >= 11 is 0. The summed E-state index contributed by atoms with van der Waals surface area (Å²) in [4.78, 5) is 11.3. The number of ketones is 1. The van der Waals surface area contributed by atoms with Crippen LogP contribution in [0.5, 0.6) is 0 Å². The van der Waals surface area contributed by atoms with Gasteiger partial charge in [0.25, 0.3) is 0 Å². The van der Waals surface area contributed by atoms with Gasteiger partial charge in [0.15, 0.2) is 5.78 Å². The second-order valence-corrected chi connectivity index (χ2v) is 4.18. The zero-order chi connectivity index (χ0) is 10.4. The summed E-state index contributed by atoms with van der Waals surface area (Å²) in [6.07, 6.45) is 8.43. The van der Waals surface area contributed by atoms with Gasteiger partial charge < -0.3 is 5.11 Å². The smallest absolute Gasteiger partial charge is 0.161 e. The first kappa shape index (κ1) is 11.3. The van der Waals surface area contributed by atoms with E-state index in [0.717, 1.165) is 19.1 Å². The molecule has 2 nitrogen and oxygen atoms in total. The predicted octanol–water partition coefficient (Wildman–Crippen LogP) is 3.38. The molecule has 14 heavy (non-hydrogen) atoms. The Kier molecular flexibility index (Phi) is 4.71. The van der Waals surface area contributed by atoms with E-state index in [4.69, 9.17) is 5.11 Å². The molecule has 0 aromatic heterocycles. The van der Waals surface area contributed by atoms with Crippen LogP contribution >= 0.6 is 0 Å². The molecule has 1 aliphatic carbocycles. The van der Waals surface area contributed by atoms with Crippen LogP contribution in [0.1, 0.15) is 51.9 Å². The molecule has 1 unspecified atom stereocenters. The Labute approximate surface area is 86.0 Å². The summed E-state index contributed by atoms with van der Waals surface area (Å²) in [5.74, 6) is 0.761. The predicted molar refractivity (Wildman–Crippen MR) is 57.2 cm³/mol. The number of aliphatic hydroxyl groups excluding tert-OH is 1. The fourth-order valence-corrected chi connectivity index (χ4v) is 2.08. The third-order valence-electron chi connectivity index (χ3n) is 3.02. The molecule has 1 fully saturated rings. The second-order valence-electron chi connectivity index (χ2n) is 4.18. The van der Waals surface area contributed by atoms with Gasteiger partial charge in [-0.3, -0.25) is 4.79 Å². The van der Waals surface area contributed by atoms with Gasteiger partial charge in [-0.05, 0) is 18.8 Å². The first-order valence-corrected chi connectivity index (χ1v) is 5.64. The average molecular weight is 196 g/mol. The summed E-state index contributed by atoms with van der Waals surface area (Å²) in [5.41, 5.74) is 0.637. The molecular weight excluding hydrogens is 176 g/mol. The summed E-state index contributed by atoms with van der Waals surface area (Å²) in [6, 6.07) is 0. The van der Waals surface area contributed by atoms with Crippen LogP contribution in [0.25, 0.3) is 0 Å². The van der Waals surface area contributed by atoms with Crippen LogP contribution in [-0.4, -0.2) is 10.9 Å². The Balaban J connectivity index is 2.32. The van der Waals surface area contributed by atoms with E-state index in [2.05, 4.69) is 6.92 Å². The lowest BCUT2D eigenvalue weighted by Gasteiger charge is -2.22. The normalized spacial score (nSPS) is 25.6. The van der Waals surface area contributed by atoms with Crippen LogP contribution in [0, 0.1) is 5.92 Å². The maximum absolute atomic E-state index is 11.3. The third kappa shape index (κ3) is 3.17. The lowest BCUT2D eigenvalue weighted by Crippen LogP contribution is -2.17. The van der Waals surface area contributed by atoms with E-state index in [1.807, 2.05) is 0 Å². The molecule has 1 saturated carbocycles. The van der Waals surface area contributed by atoms with Gasteiger partial charge in [0, 0.05) is 12.0 Å². The largest absolute Gasteiger partial charge is 0.515 e. The van der Waals surface area contributed by atoms with Gasteiger partial charge in [-0.25, -0.2) is 0 Å². The van der Waals surface area contributed by atoms with E-state index in [1.54, 1.807) is 0 Å². The minimum atomic E-state index is 0.138. The molecule has 1 N–H and O–H groups in total. The van der Waals surface area contributed by atoms with E-state index < -0.39 is 0 Å². The number of allylic oxidation sites excluding steroid dienone is 1. The summed E-state index contributed by atoms with van der Waals surface area (Å²) in [5, 5.41) is 8.87. The van der Waals surface area contributed by atoms with Crippen molar-refractivity contribution in [1.82, 2.24) is 0 Å². The Morgan fingerprint density at radius 3 is 2.93 bits per heavy atom. The molecule has 0 heterocycles. The minimum absolute atomic E-state index is 0.138. The van der Waals surface area contributed by atoms with Crippen molar-refractivity contribution in [2.45, 2.75) is 51.9 Å². The highest BCUT2D eigenvalue weighted by Crippen LogP contribution is 2.29. The maximum atomic E-state index is 11.3. The Bertz CT molecular complexity index is 218. The molecule has 1 rings (SSSR count). The van der Waals surface area contributed by atoms with Crippen molar-refractivity contribution in [3.8, 4) is 0 Å². The molecule has 1 atom stereocenters. The molecule has 0 aromatic rings. The monoisotopic (exact) mass is 196 g/mol. The first-order chi connectivity index (χ1) is 6.77. The summed E-state index contributed by atoms with van der Waals surface area (Å²) in [7, 11) is 0. The van der Waals surface area contributed by atoms with Crippen LogP contribution < -0.4 is 0 Å². The fraction of sp³-hybridized carbons (Fsp3) is 0.750. The van der Waals surface area contributed by atoms with Crippen molar-refractivity contribution in [1.29, 1.82) is 0 Å². The van der Waals surface area contributed by atoms with E-state index >= 15 is 0 Å². The molecule has 0 spiro atoms. The number of carbonyl (C=O) groups excluding carboxylic acids is 1. The Morgan fingerprint density at radius 2 is 2.29 bits per heavy atom. The van der Waals surface area contributed by atoms with E-state index in [1.165, 1.54) is 25.7 Å². The van der Waals surface area contributed by atoms with Crippen molar-refractivity contribution < 1.29 is 9.90 Å². The van der Waals surface area contributed by atoms with Crippen LogP contribution in [0.15, 0.2) is 11.8 Å². The van der Waals surface area contributed by atoms with Gasteiger partial charge in [-0.2, -0.15) is 0 Å². The maximum Gasteiger partial charge on any atom is 0.161 e. The molecule has 80 valence electrons. The molecule has 0 saturated heterocycles. The number of aliphatic hydroxyl groups is 1. The van der Waals surface area contributed by atoms with Crippen molar-refractivity contribution in [3.63, 3.8) is 0 Å². The molecule has 2 heteroatoms. The number of carbonyl (C=O) groups is 1.